The third-order valence-corrected chi connectivity index (χ3v) is 4.58. The van der Waals surface area contributed by atoms with Crippen molar-refractivity contribution in [2.24, 2.45) is 7.05 Å². The van der Waals surface area contributed by atoms with Crippen molar-refractivity contribution in [1.82, 2.24) is 29.4 Å². The molecule has 2 fully saturated rings. The Morgan fingerprint density at radius 1 is 1.29 bits per heavy atom. The molecule has 2 aromatic rings. The van der Waals surface area contributed by atoms with Gasteiger partial charge in [-0.15, -0.1) is 5.10 Å². The molecule has 128 valence electrons. The Balaban J connectivity index is 1.47. The molecule has 2 aromatic heterocycles. The highest BCUT2D eigenvalue weighted by atomic mass is 16.7. The van der Waals surface area contributed by atoms with E-state index in [4.69, 9.17) is 9.47 Å². The fourth-order valence-corrected chi connectivity index (χ4v) is 3.19. The van der Waals surface area contributed by atoms with Crippen LogP contribution in [0.5, 0.6) is 0 Å². The van der Waals surface area contributed by atoms with Crippen LogP contribution in [-0.2, 0) is 27.9 Å². The first-order valence-electron chi connectivity index (χ1n) is 7.88. The summed E-state index contributed by atoms with van der Waals surface area (Å²) in [5, 5.41) is 7.58. The van der Waals surface area contributed by atoms with Crippen molar-refractivity contribution < 1.29 is 14.3 Å². The minimum Gasteiger partial charge on any atom is -0.347 e. The van der Waals surface area contributed by atoms with Gasteiger partial charge in [0.25, 0.3) is 5.56 Å². The molecular weight excluding hydrogens is 316 g/mol. The highest BCUT2D eigenvalue weighted by Gasteiger charge is 2.40. The Bertz CT molecular complexity index is 827. The summed E-state index contributed by atoms with van der Waals surface area (Å²) in [5.41, 5.74) is 0.203. The van der Waals surface area contributed by atoms with Gasteiger partial charge in [-0.2, -0.15) is 0 Å². The Kier molecular flexibility index (Phi) is 3.57. The SMILES string of the molecule is Cn1nnc2c(=O)n(CC(=O)N3CCC4(CC3)OCCO4)cnc21. The number of carbonyl (C=O) groups is 1. The summed E-state index contributed by atoms with van der Waals surface area (Å²) in [7, 11) is 1.66. The monoisotopic (exact) mass is 334 g/mol. The van der Waals surface area contributed by atoms with Gasteiger partial charge in [0, 0.05) is 33.0 Å². The summed E-state index contributed by atoms with van der Waals surface area (Å²) in [6.07, 6.45) is 2.66. The lowest BCUT2D eigenvalue weighted by atomic mass is 10.0. The van der Waals surface area contributed by atoms with Crippen molar-refractivity contribution in [1.29, 1.82) is 0 Å². The first-order chi connectivity index (χ1) is 11.6. The number of rotatable bonds is 2. The Hall–Kier alpha value is -2.33. The molecule has 24 heavy (non-hydrogen) atoms. The standard InChI is InChI=1S/C14H18N6O4/c1-18-12-11(16-17-18)13(22)20(9-15-12)8-10(21)19-4-2-14(3-5-19)23-6-7-24-14/h9H,2-8H2,1H3. The molecule has 10 nitrogen and oxygen atoms in total. The number of carbonyl (C=O) groups excluding carboxylic acids is 1. The van der Waals surface area contributed by atoms with E-state index in [2.05, 4.69) is 15.3 Å². The lowest BCUT2D eigenvalue weighted by Crippen LogP contribution is -2.48. The van der Waals surface area contributed by atoms with Gasteiger partial charge in [-0.05, 0) is 0 Å². The average molecular weight is 334 g/mol. The van der Waals surface area contributed by atoms with Gasteiger partial charge in [0.2, 0.25) is 5.91 Å². The van der Waals surface area contributed by atoms with Crippen LogP contribution in [0.1, 0.15) is 12.8 Å². The smallest absolute Gasteiger partial charge is 0.283 e. The van der Waals surface area contributed by atoms with Crippen LogP contribution in [0.4, 0.5) is 0 Å². The number of nitrogens with zero attached hydrogens (tertiary/aromatic N) is 6. The van der Waals surface area contributed by atoms with Gasteiger partial charge < -0.3 is 14.4 Å². The fraction of sp³-hybridized carbons (Fsp3) is 0.643. The molecule has 1 spiro atoms. The number of fused-ring (bicyclic) bond motifs is 1. The molecule has 0 saturated carbocycles. The van der Waals surface area contributed by atoms with Crippen LogP contribution >= 0.6 is 0 Å². The van der Waals surface area contributed by atoms with Gasteiger partial charge in [0.15, 0.2) is 17.0 Å². The molecular formula is C14H18N6O4. The summed E-state index contributed by atoms with van der Waals surface area (Å²) >= 11 is 0. The van der Waals surface area contributed by atoms with Gasteiger partial charge in [-0.25, -0.2) is 9.67 Å². The van der Waals surface area contributed by atoms with E-state index < -0.39 is 5.79 Å². The summed E-state index contributed by atoms with van der Waals surface area (Å²) in [6, 6.07) is 0. The first kappa shape index (κ1) is 15.2. The van der Waals surface area contributed by atoms with Crippen molar-refractivity contribution in [3.63, 3.8) is 0 Å². The van der Waals surface area contributed by atoms with E-state index in [1.165, 1.54) is 15.6 Å². The molecule has 0 unspecified atom stereocenters. The third kappa shape index (κ3) is 2.47. The second kappa shape index (κ2) is 5.64. The Labute approximate surface area is 137 Å². The van der Waals surface area contributed by atoms with Crippen molar-refractivity contribution in [3.8, 4) is 0 Å². The average Bonchev–Trinajstić information content (AvgIpc) is 3.19. The zero-order valence-corrected chi connectivity index (χ0v) is 13.3. The van der Waals surface area contributed by atoms with Crippen molar-refractivity contribution in [3.05, 3.63) is 16.7 Å². The predicted octanol–water partition coefficient (Wildman–Crippen LogP) is -1.11. The molecule has 2 saturated heterocycles. The molecule has 0 aliphatic carbocycles. The number of amides is 1. The minimum absolute atomic E-state index is 0.0624. The maximum absolute atomic E-state index is 12.5. The van der Waals surface area contributed by atoms with E-state index in [0.29, 0.717) is 44.8 Å². The fourth-order valence-electron chi connectivity index (χ4n) is 3.19. The van der Waals surface area contributed by atoms with Gasteiger partial charge in [0.1, 0.15) is 12.9 Å². The van der Waals surface area contributed by atoms with Gasteiger partial charge >= 0.3 is 0 Å². The second-order valence-corrected chi connectivity index (χ2v) is 6.05. The molecule has 0 atom stereocenters. The molecule has 2 aliphatic heterocycles. The topological polar surface area (TPSA) is 104 Å². The largest absolute Gasteiger partial charge is 0.347 e. The zero-order chi connectivity index (χ0) is 16.7. The number of hydrogen-bond donors (Lipinski definition) is 0. The second-order valence-electron chi connectivity index (χ2n) is 6.05. The van der Waals surface area contributed by atoms with Crippen LogP contribution in [0.2, 0.25) is 0 Å². The van der Waals surface area contributed by atoms with Crippen molar-refractivity contribution in [2.45, 2.75) is 25.2 Å². The molecule has 4 heterocycles. The van der Waals surface area contributed by atoms with Crippen LogP contribution in [0.15, 0.2) is 11.1 Å². The van der Waals surface area contributed by atoms with Crippen molar-refractivity contribution in [2.75, 3.05) is 26.3 Å². The number of aromatic nitrogens is 5. The number of piperidine rings is 1. The minimum atomic E-state index is -0.520. The molecule has 1 amide bonds. The van der Waals surface area contributed by atoms with Crippen LogP contribution in [0, 0.1) is 0 Å². The molecule has 0 radical (unpaired) electrons. The lowest BCUT2D eigenvalue weighted by molar-refractivity contribution is -0.187. The highest BCUT2D eigenvalue weighted by Crippen LogP contribution is 2.31. The molecule has 2 aliphatic rings. The predicted molar refractivity (Wildman–Crippen MR) is 81.0 cm³/mol. The molecule has 4 rings (SSSR count). The van der Waals surface area contributed by atoms with Crippen LogP contribution in [-0.4, -0.2) is 67.4 Å². The summed E-state index contributed by atoms with van der Waals surface area (Å²) in [5.74, 6) is -0.650. The quantitative estimate of drug-likeness (QED) is 0.686. The van der Waals surface area contributed by atoms with Crippen LogP contribution in [0.3, 0.4) is 0 Å². The maximum Gasteiger partial charge on any atom is 0.283 e. The molecule has 10 heteroatoms. The molecule has 0 bridgehead atoms. The van der Waals surface area contributed by atoms with Gasteiger partial charge in [-0.1, -0.05) is 5.21 Å². The van der Waals surface area contributed by atoms with E-state index in [1.54, 1.807) is 11.9 Å². The first-order valence-corrected chi connectivity index (χ1v) is 7.88. The van der Waals surface area contributed by atoms with Crippen molar-refractivity contribution >= 4 is 17.1 Å². The van der Waals surface area contributed by atoms with E-state index >= 15 is 0 Å². The maximum atomic E-state index is 12.5. The summed E-state index contributed by atoms with van der Waals surface area (Å²) < 4.78 is 14.0. The van der Waals surface area contributed by atoms with Crippen LogP contribution < -0.4 is 5.56 Å². The zero-order valence-electron chi connectivity index (χ0n) is 13.3. The lowest BCUT2D eigenvalue weighted by Gasteiger charge is -2.37. The normalized spacial score (nSPS) is 20.1. The van der Waals surface area contributed by atoms with Crippen LogP contribution in [0.25, 0.3) is 11.2 Å². The Morgan fingerprint density at radius 3 is 2.71 bits per heavy atom. The van der Waals surface area contributed by atoms with E-state index in [9.17, 15) is 9.59 Å². The van der Waals surface area contributed by atoms with Gasteiger partial charge in [-0.3, -0.25) is 14.2 Å². The third-order valence-electron chi connectivity index (χ3n) is 4.58. The number of ether oxygens (including phenoxy) is 2. The number of likely N-dealkylation sites (tertiary alicyclic amines) is 1. The van der Waals surface area contributed by atoms with E-state index in [0.717, 1.165) is 0 Å². The van der Waals surface area contributed by atoms with E-state index in [1.807, 2.05) is 0 Å². The van der Waals surface area contributed by atoms with Gasteiger partial charge in [0.05, 0.1) is 13.2 Å². The Morgan fingerprint density at radius 2 is 2.00 bits per heavy atom. The molecule has 0 aromatic carbocycles. The molecule has 0 N–H and O–H groups in total. The number of aryl methyl sites for hydroxylation is 1. The highest BCUT2D eigenvalue weighted by molar-refractivity contribution is 5.76. The summed E-state index contributed by atoms with van der Waals surface area (Å²) in [4.78, 5) is 30.7. The summed E-state index contributed by atoms with van der Waals surface area (Å²) in [6.45, 7) is 2.25. The number of hydrogen-bond acceptors (Lipinski definition) is 7. The van der Waals surface area contributed by atoms with E-state index in [-0.39, 0.29) is 23.5 Å².